The average Bonchev–Trinajstić information content (AvgIpc) is 2.96. The highest BCUT2D eigenvalue weighted by atomic mass is 35.5. The van der Waals surface area contributed by atoms with Crippen molar-refractivity contribution >= 4 is 34.8 Å². The molecule has 0 aliphatic heterocycles. The van der Waals surface area contributed by atoms with Crippen LogP contribution in [0.2, 0.25) is 0 Å². The molecule has 28 heavy (non-hydrogen) atoms. The quantitative estimate of drug-likeness (QED) is 0.656. The number of hydrogen-bond acceptors (Lipinski definition) is 4. The average molecular weight is 433 g/mol. The molecule has 4 rings (SSSR count). The summed E-state index contributed by atoms with van der Waals surface area (Å²) in [5.74, 6) is -1.15. The third-order valence-electron chi connectivity index (χ3n) is 8.63. The molecule has 4 nitrogen and oxygen atoms in total. The van der Waals surface area contributed by atoms with Gasteiger partial charge in [0.2, 0.25) is 0 Å². The SMILES string of the molecule is C[C@]12CC(Cl)[C@@]3(Cl)[C@@H](CC(F)C4=CC(=O)CC(O)[C@@]43C)[C@@H]1CC[C@@H]2C(=O)CO. The summed E-state index contributed by atoms with van der Waals surface area (Å²) in [4.78, 5) is 23.3. The van der Waals surface area contributed by atoms with Crippen molar-refractivity contribution in [1.29, 1.82) is 0 Å². The molecule has 0 bridgehead atoms. The van der Waals surface area contributed by atoms with Crippen LogP contribution in [-0.2, 0) is 9.59 Å². The lowest BCUT2D eigenvalue weighted by Crippen LogP contribution is -2.70. The van der Waals surface area contributed by atoms with Gasteiger partial charge in [0.1, 0.15) is 12.8 Å². The number of ketones is 2. The van der Waals surface area contributed by atoms with E-state index in [2.05, 4.69) is 0 Å². The molecule has 0 saturated heterocycles. The van der Waals surface area contributed by atoms with Crippen LogP contribution in [0, 0.1) is 28.6 Å². The molecule has 0 radical (unpaired) electrons. The largest absolute Gasteiger partial charge is 0.392 e. The van der Waals surface area contributed by atoms with E-state index in [4.69, 9.17) is 23.2 Å². The molecule has 7 heteroatoms. The second-order valence-corrected chi connectivity index (χ2v) is 10.8. The van der Waals surface area contributed by atoms with E-state index in [-0.39, 0.29) is 47.7 Å². The Morgan fingerprint density at radius 3 is 2.64 bits per heavy atom. The molecule has 156 valence electrons. The third-order valence-corrected chi connectivity index (χ3v) is 10.2. The van der Waals surface area contributed by atoms with Crippen molar-refractivity contribution in [3.05, 3.63) is 11.6 Å². The van der Waals surface area contributed by atoms with Crippen molar-refractivity contribution in [2.24, 2.45) is 28.6 Å². The fourth-order valence-corrected chi connectivity index (χ4v) is 8.45. The normalized spacial score (nSPS) is 53.1. The van der Waals surface area contributed by atoms with Gasteiger partial charge in [-0.3, -0.25) is 9.59 Å². The number of aliphatic hydroxyl groups is 2. The maximum Gasteiger partial charge on any atom is 0.161 e. The van der Waals surface area contributed by atoms with Gasteiger partial charge >= 0.3 is 0 Å². The van der Waals surface area contributed by atoms with Gasteiger partial charge in [-0.1, -0.05) is 13.8 Å². The van der Waals surface area contributed by atoms with Gasteiger partial charge in [-0.15, -0.1) is 23.2 Å². The number of alkyl halides is 3. The van der Waals surface area contributed by atoms with Crippen LogP contribution in [0.4, 0.5) is 4.39 Å². The van der Waals surface area contributed by atoms with Crippen molar-refractivity contribution in [3.8, 4) is 0 Å². The van der Waals surface area contributed by atoms with E-state index >= 15 is 4.39 Å². The van der Waals surface area contributed by atoms with Crippen molar-refractivity contribution in [3.63, 3.8) is 0 Å². The lowest BCUT2D eigenvalue weighted by Gasteiger charge is -2.65. The van der Waals surface area contributed by atoms with Crippen LogP contribution in [0.25, 0.3) is 0 Å². The van der Waals surface area contributed by atoms with E-state index in [1.54, 1.807) is 6.92 Å². The minimum Gasteiger partial charge on any atom is -0.392 e. The first-order valence-electron chi connectivity index (χ1n) is 10.0. The summed E-state index contributed by atoms with van der Waals surface area (Å²) in [6, 6.07) is 0. The number of rotatable bonds is 2. The van der Waals surface area contributed by atoms with Crippen LogP contribution in [0.5, 0.6) is 0 Å². The Bertz CT molecular complexity index is 757. The van der Waals surface area contributed by atoms with Crippen LogP contribution in [0.15, 0.2) is 11.6 Å². The Hall–Kier alpha value is -0.490. The summed E-state index contributed by atoms with van der Waals surface area (Å²) in [6.45, 7) is 3.25. The molecule has 4 aliphatic rings. The van der Waals surface area contributed by atoms with Gasteiger partial charge in [0.25, 0.3) is 0 Å². The zero-order valence-electron chi connectivity index (χ0n) is 16.1. The molecule has 0 spiro atoms. The molecule has 4 aliphatic carbocycles. The van der Waals surface area contributed by atoms with Crippen LogP contribution >= 0.6 is 23.2 Å². The molecule has 0 aromatic carbocycles. The second kappa shape index (κ2) is 6.50. The summed E-state index contributed by atoms with van der Waals surface area (Å²) in [5.41, 5.74) is -1.34. The predicted molar refractivity (Wildman–Crippen MR) is 104 cm³/mol. The zero-order valence-corrected chi connectivity index (χ0v) is 17.6. The molecule has 3 saturated carbocycles. The van der Waals surface area contributed by atoms with Crippen LogP contribution < -0.4 is 0 Å². The summed E-state index contributed by atoms with van der Waals surface area (Å²) >= 11 is 14.2. The molecule has 9 atom stereocenters. The van der Waals surface area contributed by atoms with Crippen LogP contribution in [0.1, 0.15) is 46.0 Å². The maximum absolute atomic E-state index is 15.3. The first kappa shape index (κ1) is 20.8. The third kappa shape index (κ3) is 2.36. The van der Waals surface area contributed by atoms with Crippen molar-refractivity contribution in [2.75, 3.05) is 6.61 Å². The fourth-order valence-electron chi connectivity index (χ4n) is 7.18. The van der Waals surface area contributed by atoms with Crippen LogP contribution in [-0.4, -0.2) is 50.9 Å². The standard InChI is InChI=1S/C21H27Cl2FO4/c1-19-8-17(22)21(23)13(11(19)3-4-12(19)16(27)9-25)7-15(24)14-5-10(26)6-18(28)20(14,21)2/h5,11-13,15,17-18,25,28H,3-4,6-9H2,1-2H3/t11-,12+,13-,15?,17?,18?,19-,20+,21-/m0/s1. The molecule has 2 N–H and O–H groups in total. The van der Waals surface area contributed by atoms with Gasteiger partial charge in [-0.05, 0) is 54.6 Å². The number of Topliss-reactive ketones (excluding diaryl/α,β-unsaturated/α-hetero) is 1. The lowest BCUT2D eigenvalue weighted by atomic mass is 9.45. The van der Waals surface area contributed by atoms with Gasteiger partial charge in [0, 0.05) is 17.8 Å². The van der Waals surface area contributed by atoms with E-state index in [1.807, 2.05) is 6.92 Å². The number of fused-ring (bicyclic) bond motifs is 5. The zero-order chi connectivity index (χ0) is 20.6. The Morgan fingerprint density at radius 1 is 1.32 bits per heavy atom. The summed E-state index contributed by atoms with van der Waals surface area (Å²) in [6.07, 6.45) is 0.690. The van der Waals surface area contributed by atoms with E-state index < -0.39 is 40.0 Å². The first-order chi connectivity index (χ1) is 13.0. The molecular weight excluding hydrogens is 406 g/mol. The van der Waals surface area contributed by atoms with E-state index in [0.717, 1.165) is 0 Å². The highest BCUT2D eigenvalue weighted by Crippen LogP contribution is 2.71. The minimum atomic E-state index is -1.38. The van der Waals surface area contributed by atoms with Crippen molar-refractivity contribution in [2.45, 2.75) is 68.5 Å². The summed E-state index contributed by atoms with van der Waals surface area (Å²) < 4.78 is 15.3. The van der Waals surface area contributed by atoms with Crippen molar-refractivity contribution in [1.82, 2.24) is 0 Å². The smallest absolute Gasteiger partial charge is 0.161 e. The number of carbonyl (C=O) groups is 2. The van der Waals surface area contributed by atoms with Crippen LogP contribution in [0.3, 0.4) is 0 Å². The molecule has 0 amide bonds. The van der Waals surface area contributed by atoms with E-state index in [1.165, 1.54) is 6.08 Å². The minimum absolute atomic E-state index is 0.0260. The predicted octanol–water partition coefficient (Wildman–Crippen LogP) is 3.19. The molecule has 0 aromatic rings. The number of carbonyl (C=O) groups excluding carboxylic acids is 2. The van der Waals surface area contributed by atoms with Crippen molar-refractivity contribution < 1.29 is 24.2 Å². The van der Waals surface area contributed by atoms with Gasteiger partial charge in [0.15, 0.2) is 11.6 Å². The second-order valence-electron chi connectivity index (χ2n) is 9.60. The lowest BCUT2D eigenvalue weighted by molar-refractivity contribution is -0.136. The molecule has 0 heterocycles. The van der Waals surface area contributed by atoms with Gasteiger partial charge in [-0.25, -0.2) is 4.39 Å². The Morgan fingerprint density at radius 2 is 2.00 bits per heavy atom. The Labute approximate surface area is 174 Å². The summed E-state index contributed by atoms with van der Waals surface area (Å²) in [5, 5.41) is 19.7. The van der Waals surface area contributed by atoms with Gasteiger partial charge < -0.3 is 10.2 Å². The Kier molecular flexibility index (Phi) is 4.82. The van der Waals surface area contributed by atoms with E-state index in [9.17, 15) is 19.8 Å². The highest BCUT2D eigenvalue weighted by molar-refractivity contribution is 6.33. The highest BCUT2D eigenvalue weighted by Gasteiger charge is 2.72. The maximum atomic E-state index is 15.3. The van der Waals surface area contributed by atoms with Gasteiger partial charge in [-0.2, -0.15) is 0 Å². The fraction of sp³-hybridized carbons (Fsp3) is 0.810. The monoisotopic (exact) mass is 432 g/mol. The first-order valence-corrected chi connectivity index (χ1v) is 10.9. The molecule has 3 unspecified atom stereocenters. The number of aliphatic hydroxyl groups excluding tert-OH is 2. The Balaban J connectivity index is 1.83. The topological polar surface area (TPSA) is 74.6 Å². The van der Waals surface area contributed by atoms with Gasteiger partial charge in [0.05, 0.1) is 16.4 Å². The molecule has 3 fully saturated rings. The number of halogens is 3. The molecular formula is C21H27Cl2FO4. The number of hydrogen-bond donors (Lipinski definition) is 2. The molecule has 0 aromatic heterocycles. The van der Waals surface area contributed by atoms with E-state index in [0.29, 0.717) is 19.3 Å². The summed E-state index contributed by atoms with van der Waals surface area (Å²) in [7, 11) is 0.